The van der Waals surface area contributed by atoms with Crippen LogP contribution in [0.1, 0.15) is 33.5 Å². The lowest BCUT2D eigenvalue weighted by molar-refractivity contribution is -0.237. The first-order valence-corrected chi connectivity index (χ1v) is 9.81. The van der Waals surface area contributed by atoms with Gasteiger partial charge in [0.05, 0.1) is 0 Å². The maximum atomic E-state index is 11.7. The third-order valence-corrected chi connectivity index (χ3v) is 4.75. The zero-order valence-electron chi connectivity index (χ0n) is 17.5. The van der Waals surface area contributed by atoms with Gasteiger partial charge >= 0.3 is 23.9 Å². The summed E-state index contributed by atoms with van der Waals surface area (Å²) in [7, 11) is 0. The fourth-order valence-electron chi connectivity index (χ4n) is 2.76. The van der Waals surface area contributed by atoms with Gasteiger partial charge in [0.1, 0.15) is 18.5 Å². The fraction of sp³-hybridized carbons (Fsp3) is 0.647. The number of H-pyrrole nitrogens is 1. The summed E-state index contributed by atoms with van der Waals surface area (Å²) >= 11 is 1.00. The second-order valence-corrected chi connectivity index (χ2v) is 7.45. The van der Waals surface area contributed by atoms with Crippen LogP contribution in [0, 0.1) is 6.92 Å². The Bertz CT molecular complexity index is 806. The topological polar surface area (TPSA) is 156 Å². The van der Waals surface area contributed by atoms with Gasteiger partial charge in [-0.15, -0.1) is 17.5 Å². The Labute approximate surface area is 188 Å². The number of halogens is 1. The number of nitrogens with one attached hydrogen (secondary N) is 1. The molecule has 5 atom stereocenters. The molecule has 1 fully saturated rings. The summed E-state index contributed by atoms with van der Waals surface area (Å²) in [6.45, 7) is 6.11. The molecule has 174 valence electrons. The van der Waals surface area contributed by atoms with E-state index in [1.54, 1.807) is 6.92 Å². The number of carbonyl (C=O) groups is 4. The van der Waals surface area contributed by atoms with E-state index in [1.165, 1.54) is 13.8 Å². The standard InChI is InChI=1S/C17H23N3O9S.ClH/c1-7-18-17(20-19-7)30-16-15(28-11(5)24)14(27-10(4)23)13(26-9(3)22)12(29-16)6-25-8(2)21;/h12-16H,6H2,1-5H3,(H,18,19,20);1H/t12-,13+,14+,15-,16+;/m1./s1. The van der Waals surface area contributed by atoms with Gasteiger partial charge in [-0.05, 0) is 18.7 Å². The number of nitrogens with zero attached hydrogens (tertiary/aromatic N) is 2. The van der Waals surface area contributed by atoms with Crippen molar-refractivity contribution in [2.75, 3.05) is 6.61 Å². The summed E-state index contributed by atoms with van der Waals surface area (Å²) in [5, 5.41) is 6.96. The quantitative estimate of drug-likeness (QED) is 0.430. The Hall–Kier alpha value is -2.38. The summed E-state index contributed by atoms with van der Waals surface area (Å²) in [4.78, 5) is 50.6. The van der Waals surface area contributed by atoms with E-state index in [-0.39, 0.29) is 24.2 Å². The molecule has 2 rings (SSSR count). The highest BCUT2D eigenvalue weighted by Crippen LogP contribution is 2.36. The number of hydrogen-bond acceptors (Lipinski definition) is 12. The lowest BCUT2D eigenvalue weighted by atomic mass is 9.99. The van der Waals surface area contributed by atoms with Crippen molar-refractivity contribution in [1.29, 1.82) is 0 Å². The Morgan fingerprint density at radius 3 is 1.97 bits per heavy atom. The smallest absolute Gasteiger partial charge is 0.303 e. The predicted octanol–water partition coefficient (Wildman–Crippen LogP) is 0.710. The molecule has 0 saturated carbocycles. The van der Waals surface area contributed by atoms with Crippen LogP contribution in [0.3, 0.4) is 0 Å². The molecule has 31 heavy (non-hydrogen) atoms. The van der Waals surface area contributed by atoms with Crippen LogP contribution in [0.2, 0.25) is 0 Å². The van der Waals surface area contributed by atoms with Crippen molar-refractivity contribution in [3.63, 3.8) is 0 Å². The molecule has 0 bridgehead atoms. The van der Waals surface area contributed by atoms with Crippen molar-refractivity contribution < 1.29 is 42.9 Å². The normalized spacial score (nSPS) is 25.0. The molecule has 1 aliphatic heterocycles. The summed E-state index contributed by atoms with van der Waals surface area (Å²) in [5.41, 5.74) is -0.958. The number of aromatic nitrogens is 3. The van der Waals surface area contributed by atoms with E-state index in [9.17, 15) is 19.2 Å². The van der Waals surface area contributed by atoms with Crippen LogP contribution in [-0.4, -0.2) is 75.5 Å². The molecule has 12 nitrogen and oxygen atoms in total. The van der Waals surface area contributed by atoms with Crippen molar-refractivity contribution in [3.05, 3.63) is 5.82 Å². The first-order valence-electron chi connectivity index (χ1n) is 8.93. The SMILES string of the molecule is CC(=O)OC[C@H]1O[C@@H](Sc2n[nH]c(C)n2)[C@H](OC(C)=O)[C@@H](OC(C)=O)[C@H]1OC(C)=O.Cl. The van der Waals surface area contributed by atoms with Crippen LogP contribution >= 0.6 is 24.2 Å². The number of aromatic amines is 1. The molecule has 0 aliphatic carbocycles. The number of esters is 4. The zero-order chi connectivity index (χ0) is 22.4. The predicted molar refractivity (Wildman–Crippen MR) is 106 cm³/mol. The molecule has 14 heteroatoms. The van der Waals surface area contributed by atoms with Crippen LogP contribution in [0.25, 0.3) is 0 Å². The van der Waals surface area contributed by atoms with E-state index < -0.39 is 53.7 Å². The van der Waals surface area contributed by atoms with Crippen LogP contribution < -0.4 is 0 Å². The number of carbonyl (C=O) groups excluding carboxylic acids is 4. The van der Waals surface area contributed by atoms with Crippen molar-refractivity contribution in [2.24, 2.45) is 0 Å². The van der Waals surface area contributed by atoms with E-state index in [2.05, 4.69) is 15.2 Å². The second-order valence-electron chi connectivity index (χ2n) is 6.39. The van der Waals surface area contributed by atoms with Gasteiger partial charge in [0.15, 0.2) is 23.7 Å². The van der Waals surface area contributed by atoms with Gasteiger partial charge in [-0.2, -0.15) is 0 Å². The minimum absolute atomic E-state index is 0. The second kappa shape index (κ2) is 11.9. The molecule has 0 spiro atoms. The van der Waals surface area contributed by atoms with Gasteiger partial charge in [-0.25, -0.2) is 4.98 Å². The maximum Gasteiger partial charge on any atom is 0.303 e. The van der Waals surface area contributed by atoms with Gasteiger partial charge in [0.2, 0.25) is 5.16 Å². The minimum atomic E-state index is -1.22. The van der Waals surface area contributed by atoms with E-state index in [1.807, 2.05) is 0 Å². The molecule has 0 amide bonds. The zero-order valence-corrected chi connectivity index (χ0v) is 19.1. The van der Waals surface area contributed by atoms with Gasteiger partial charge in [-0.3, -0.25) is 24.3 Å². The van der Waals surface area contributed by atoms with Crippen molar-refractivity contribution in [2.45, 2.75) is 69.6 Å². The lowest BCUT2D eigenvalue weighted by Crippen LogP contribution is -2.61. The molecular weight excluding hydrogens is 458 g/mol. The third-order valence-electron chi connectivity index (χ3n) is 3.75. The first kappa shape index (κ1) is 26.7. The Kier molecular flexibility index (Phi) is 10.2. The Morgan fingerprint density at radius 2 is 1.48 bits per heavy atom. The van der Waals surface area contributed by atoms with Crippen LogP contribution in [-0.2, 0) is 42.9 Å². The molecule has 0 unspecified atom stereocenters. The molecule has 1 aromatic heterocycles. The molecule has 0 radical (unpaired) electrons. The van der Waals surface area contributed by atoms with Crippen LogP contribution in [0.15, 0.2) is 5.16 Å². The summed E-state index contributed by atoms with van der Waals surface area (Å²) in [5.74, 6) is -2.09. The molecule has 0 aromatic carbocycles. The van der Waals surface area contributed by atoms with E-state index in [0.29, 0.717) is 5.82 Å². The maximum absolute atomic E-state index is 11.7. The highest BCUT2D eigenvalue weighted by Gasteiger charge is 2.52. The highest BCUT2D eigenvalue weighted by atomic mass is 35.5. The number of hydrogen-bond donors (Lipinski definition) is 1. The van der Waals surface area contributed by atoms with E-state index in [4.69, 9.17) is 23.7 Å². The van der Waals surface area contributed by atoms with Gasteiger partial charge < -0.3 is 23.7 Å². The average molecular weight is 482 g/mol. The number of ether oxygens (including phenoxy) is 5. The summed E-state index contributed by atoms with van der Waals surface area (Å²) in [6, 6.07) is 0. The molecule has 2 heterocycles. The van der Waals surface area contributed by atoms with Gasteiger partial charge in [0, 0.05) is 27.7 Å². The van der Waals surface area contributed by atoms with E-state index >= 15 is 0 Å². The molecular formula is C17H24ClN3O9S. The average Bonchev–Trinajstić information content (AvgIpc) is 3.02. The number of aryl methyl sites for hydroxylation is 1. The summed E-state index contributed by atoms with van der Waals surface area (Å²) < 4.78 is 27.0. The van der Waals surface area contributed by atoms with E-state index in [0.717, 1.165) is 25.6 Å². The monoisotopic (exact) mass is 481 g/mol. The number of thioether (sulfide) groups is 1. The Morgan fingerprint density at radius 1 is 0.935 bits per heavy atom. The van der Waals surface area contributed by atoms with Gasteiger partial charge in [0.25, 0.3) is 0 Å². The molecule has 1 N–H and O–H groups in total. The Balaban J connectivity index is 0.00000480. The highest BCUT2D eigenvalue weighted by molar-refractivity contribution is 7.99. The van der Waals surface area contributed by atoms with Gasteiger partial charge in [-0.1, -0.05) is 0 Å². The number of rotatable bonds is 7. The fourth-order valence-corrected chi connectivity index (χ4v) is 3.80. The molecule has 1 saturated heterocycles. The minimum Gasteiger partial charge on any atom is -0.463 e. The third kappa shape index (κ3) is 7.99. The van der Waals surface area contributed by atoms with Crippen LogP contribution in [0.4, 0.5) is 0 Å². The van der Waals surface area contributed by atoms with Crippen molar-refractivity contribution in [3.8, 4) is 0 Å². The molecule has 1 aliphatic rings. The largest absolute Gasteiger partial charge is 0.463 e. The van der Waals surface area contributed by atoms with Crippen LogP contribution in [0.5, 0.6) is 0 Å². The lowest BCUT2D eigenvalue weighted by Gasteiger charge is -2.43. The van der Waals surface area contributed by atoms with Crippen molar-refractivity contribution in [1.82, 2.24) is 15.2 Å². The molecule has 1 aromatic rings. The van der Waals surface area contributed by atoms with Crippen molar-refractivity contribution >= 4 is 48.0 Å². The first-order chi connectivity index (χ1) is 14.1. The summed E-state index contributed by atoms with van der Waals surface area (Å²) in [6.07, 6.45) is -4.58.